The first kappa shape index (κ1) is 18.1. The Morgan fingerprint density at radius 1 is 1.22 bits per heavy atom. The summed E-state index contributed by atoms with van der Waals surface area (Å²) in [6.07, 6.45) is 2.32. The molecule has 0 aliphatic heterocycles. The van der Waals surface area contributed by atoms with Gasteiger partial charge in [0.15, 0.2) is 5.76 Å². The van der Waals surface area contributed by atoms with Gasteiger partial charge in [-0.2, -0.15) is 5.10 Å². The number of hydrogen-bond donors (Lipinski definition) is 1. The molecule has 0 spiro atoms. The molecule has 0 bridgehead atoms. The van der Waals surface area contributed by atoms with Crippen LogP contribution >= 0.6 is 11.6 Å². The van der Waals surface area contributed by atoms with Gasteiger partial charge in [-0.25, -0.2) is 0 Å². The Labute approximate surface area is 155 Å². The second-order valence-electron chi connectivity index (χ2n) is 5.29. The van der Waals surface area contributed by atoms with Gasteiger partial charge in [0.05, 0.1) is 16.4 Å². The number of carbonyl (C=O) groups excluding carboxylic acids is 1. The number of nitrogens with zero attached hydrogens (tertiary/aromatic N) is 4. The van der Waals surface area contributed by atoms with Crippen molar-refractivity contribution in [3.63, 3.8) is 0 Å². The fourth-order valence-corrected chi connectivity index (χ4v) is 2.39. The summed E-state index contributed by atoms with van der Waals surface area (Å²) in [4.78, 5) is 32.7. The Kier molecular flexibility index (Phi) is 4.86. The molecule has 0 unspecified atom stereocenters. The maximum atomic E-state index is 12.3. The number of aromatic nitrogens is 2. The number of hydrogen-bond acceptors (Lipinski definition) is 7. The largest absolute Gasteiger partial charge is 0.454 e. The zero-order valence-corrected chi connectivity index (χ0v) is 14.1. The molecule has 2 aromatic heterocycles. The number of carbonyl (C=O) groups is 1. The summed E-state index contributed by atoms with van der Waals surface area (Å²) in [6.45, 7) is 0.0716. The molecule has 12 heteroatoms. The molecule has 27 heavy (non-hydrogen) atoms. The van der Waals surface area contributed by atoms with Crippen molar-refractivity contribution in [3.05, 3.63) is 79.5 Å². The van der Waals surface area contributed by atoms with Gasteiger partial charge in [0.1, 0.15) is 23.8 Å². The van der Waals surface area contributed by atoms with Crippen molar-refractivity contribution in [3.8, 4) is 0 Å². The molecule has 1 aromatic carbocycles. The minimum absolute atomic E-state index is 0.0324. The molecule has 3 aromatic rings. The molecule has 11 nitrogen and oxygen atoms in total. The van der Waals surface area contributed by atoms with Gasteiger partial charge < -0.3 is 9.73 Å². The summed E-state index contributed by atoms with van der Waals surface area (Å²) in [5.74, 6) is -0.460. The van der Waals surface area contributed by atoms with Crippen LogP contribution in [0.3, 0.4) is 0 Å². The van der Waals surface area contributed by atoms with E-state index in [0.717, 1.165) is 12.3 Å². The van der Waals surface area contributed by atoms with Crippen LogP contribution in [0.5, 0.6) is 0 Å². The molecule has 1 N–H and O–H groups in total. The number of benzene rings is 1. The smallest absolute Gasteiger partial charge is 0.307 e. The summed E-state index contributed by atoms with van der Waals surface area (Å²) in [5.41, 5.74) is -0.559. The highest BCUT2D eigenvalue weighted by atomic mass is 35.5. The lowest BCUT2D eigenvalue weighted by Crippen LogP contribution is -2.12. The first-order valence-corrected chi connectivity index (χ1v) is 7.72. The Morgan fingerprint density at radius 2 is 2.00 bits per heavy atom. The summed E-state index contributed by atoms with van der Waals surface area (Å²) >= 11 is 5.73. The van der Waals surface area contributed by atoms with Crippen LogP contribution in [-0.2, 0) is 6.54 Å². The van der Waals surface area contributed by atoms with Crippen molar-refractivity contribution in [2.75, 3.05) is 5.32 Å². The van der Waals surface area contributed by atoms with E-state index in [4.69, 9.17) is 16.0 Å². The van der Waals surface area contributed by atoms with Gasteiger partial charge >= 0.3 is 5.69 Å². The quantitative estimate of drug-likeness (QED) is 0.501. The average Bonchev–Trinajstić information content (AvgIpc) is 3.26. The number of nitro groups is 2. The van der Waals surface area contributed by atoms with Crippen LogP contribution in [0.15, 0.2) is 47.1 Å². The van der Waals surface area contributed by atoms with E-state index in [-0.39, 0.29) is 34.4 Å². The summed E-state index contributed by atoms with van der Waals surface area (Å²) in [7, 11) is 0. The monoisotopic (exact) mass is 391 g/mol. The molecule has 0 fully saturated rings. The number of rotatable bonds is 6. The van der Waals surface area contributed by atoms with E-state index in [1.807, 2.05) is 0 Å². The molecule has 2 heterocycles. The highest BCUT2D eigenvalue weighted by Crippen LogP contribution is 2.28. The Hall–Kier alpha value is -3.73. The molecule has 0 aliphatic carbocycles. The van der Waals surface area contributed by atoms with Crippen molar-refractivity contribution in [1.82, 2.24) is 9.78 Å². The first-order chi connectivity index (χ1) is 12.8. The maximum Gasteiger partial charge on any atom is 0.307 e. The van der Waals surface area contributed by atoms with Crippen LogP contribution in [0.2, 0.25) is 5.02 Å². The van der Waals surface area contributed by atoms with Crippen LogP contribution in [0, 0.1) is 20.2 Å². The third-order valence-electron chi connectivity index (χ3n) is 3.44. The van der Waals surface area contributed by atoms with Gasteiger partial charge in [-0.1, -0.05) is 11.6 Å². The zero-order valence-electron chi connectivity index (χ0n) is 13.4. The summed E-state index contributed by atoms with van der Waals surface area (Å²) in [6, 6.07) is 6.71. The molecule has 3 rings (SSSR count). The predicted octanol–water partition coefficient (Wildman–Crippen LogP) is 3.25. The first-order valence-electron chi connectivity index (χ1n) is 7.34. The van der Waals surface area contributed by atoms with Gasteiger partial charge in [0.2, 0.25) is 0 Å². The predicted molar refractivity (Wildman–Crippen MR) is 92.8 cm³/mol. The van der Waals surface area contributed by atoms with E-state index >= 15 is 0 Å². The minimum atomic E-state index is -0.696. The number of anilines is 1. The third kappa shape index (κ3) is 4.10. The van der Waals surface area contributed by atoms with Crippen LogP contribution in [-0.4, -0.2) is 25.5 Å². The van der Waals surface area contributed by atoms with Crippen LogP contribution in [0.25, 0.3) is 0 Å². The standard InChI is InChI=1S/C15H10ClN5O6/c16-9-1-3-12(13(5-9)21(25)26)18-15(22)14-4-2-11(27-14)8-19-7-10(6-17-19)20(23)24/h1-7H,8H2,(H,18,22). The fourth-order valence-electron chi connectivity index (χ4n) is 2.22. The number of nitro benzene ring substituents is 1. The van der Waals surface area contributed by atoms with Crippen molar-refractivity contribution in [2.24, 2.45) is 0 Å². The van der Waals surface area contributed by atoms with Gasteiger partial charge in [0.25, 0.3) is 11.6 Å². The second-order valence-corrected chi connectivity index (χ2v) is 5.73. The second kappa shape index (κ2) is 7.25. The van der Waals surface area contributed by atoms with Gasteiger partial charge in [-0.05, 0) is 24.3 Å². The number of amides is 1. The molecule has 0 saturated heterocycles. The number of furan rings is 1. The topological polar surface area (TPSA) is 146 Å². The van der Waals surface area contributed by atoms with Crippen LogP contribution in [0.4, 0.5) is 17.1 Å². The highest BCUT2D eigenvalue weighted by Gasteiger charge is 2.19. The van der Waals surface area contributed by atoms with Crippen molar-refractivity contribution in [2.45, 2.75) is 6.54 Å². The van der Waals surface area contributed by atoms with E-state index in [0.29, 0.717) is 5.76 Å². The average molecular weight is 392 g/mol. The van der Waals surface area contributed by atoms with E-state index in [9.17, 15) is 25.0 Å². The summed E-state index contributed by atoms with van der Waals surface area (Å²) in [5, 5.41) is 28.1. The van der Waals surface area contributed by atoms with Crippen LogP contribution < -0.4 is 5.32 Å². The van der Waals surface area contributed by atoms with Crippen molar-refractivity contribution < 1.29 is 19.1 Å². The van der Waals surface area contributed by atoms with Gasteiger partial charge in [0, 0.05) is 11.1 Å². The molecule has 1 amide bonds. The third-order valence-corrected chi connectivity index (χ3v) is 3.67. The molecule has 0 saturated carbocycles. The normalized spacial score (nSPS) is 10.6. The molecule has 0 radical (unpaired) electrons. The number of nitrogens with one attached hydrogen (secondary N) is 1. The lowest BCUT2D eigenvalue weighted by Gasteiger charge is -2.04. The Morgan fingerprint density at radius 3 is 2.67 bits per heavy atom. The molecular weight excluding hydrogens is 382 g/mol. The lowest BCUT2D eigenvalue weighted by atomic mass is 10.2. The maximum absolute atomic E-state index is 12.3. The van der Waals surface area contributed by atoms with E-state index in [1.165, 1.54) is 35.1 Å². The van der Waals surface area contributed by atoms with E-state index in [1.54, 1.807) is 0 Å². The minimum Gasteiger partial charge on any atom is -0.454 e. The SMILES string of the molecule is O=C(Nc1ccc(Cl)cc1[N+](=O)[O-])c1ccc(Cn2cc([N+](=O)[O-])cn2)o1. The molecular formula is C15H10ClN5O6. The molecule has 0 atom stereocenters. The molecule has 138 valence electrons. The van der Waals surface area contributed by atoms with E-state index < -0.39 is 15.8 Å². The van der Waals surface area contributed by atoms with Gasteiger partial charge in [-0.3, -0.25) is 29.7 Å². The van der Waals surface area contributed by atoms with Crippen molar-refractivity contribution >= 4 is 34.6 Å². The van der Waals surface area contributed by atoms with Gasteiger partial charge in [-0.15, -0.1) is 0 Å². The Balaban J connectivity index is 1.73. The Bertz CT molecular complexity index is 1040. The van der Waals surface area contributed by atoms with E-state index in [2.05, 4.69) is 10.4 Å². The lowest BCUT2D eigenvalue weighted by molar-refractivity contribution is -0.385. The molecule has 0 aliphatic rings. The zero-order chi connectivity index (χ0) is 19.6. The number of halogens is 1. The fraction of sp³-hybridized carbons (Fsp3) is 0.0667. The van der Waals surface area contributed by atoms with Crippen molar-refractivity contribution in [1.29, 1.82) is 0 Å². The highest BCUT2D eigenvalue weighted by molar-refractivity contribution is 6.31. The summed E-state index contributed by atoms with van der Waals surface area (Å²) < 4.78 is 6.66. The van der Waals surface area contributed by atoms with Crippen LogP contribution in [0.1, 0.15) is 16.3 Å².